The van der Waals surface area contributed by atoms with Gasteiger partial charge >= 0.3 is 0 Å². The van der Waals surface area contributed by atoms with Gasteiger partial charge in [-0.25, -0.2) is 5.43 Å². The van der Waals surface area contributed by atoms with Crippen LogP contribution in [0.15, 0.2) is 59.3 Å². The summed E-state index contributed by atoms with van der Waals surface area (Å²) < 4.78 is 21.0. The summed E-state index contributed by atoms with van der Waals surface area (Å²) in [5.74, 6) is -2.22. The van der Waals surface area contributed by atoms with Crippen molar-refractivity contribution in [1.82, 2.24) is 35.5 Å². The van der Waals surface area contributed by atoms with Crippen molar-refractivity contribution in [3.05, 3.63) is 66.0 Å². The summed E-state index contributed by atoms with van der Waals surface area (Å²) in [6.07, 6.45) is 6.38. The number of ether oxygens (including phenoxy) is 3. The number of hydrazine groups is 1. The fraction of sp³-hybridized carbons (Fsp3) is 0.571. The van der Waals surface area contributed by atoms with E-state index in [1.165, 1.54) is 16.0 Å². The van der Waals surface area contributed by atoms with E-state index >= 15 is 0 Å². The van der Waals surface area contributed by atoms with Crippen molar-refractivity contribution in [2.45, 2.75) is 117 Å². The zero-order valence-corrected chi connectivity index (χ0v) is 40.1. The van der Waals surface area contributed by atoms with Crippen LogP contribution in [0.4, 0.5) is 0 Å². The van der Waals surface area contributed by atoms with E-state index in [9.17, 15) is 24.0 Å². The zero-order valence-electron chi connectivity index (χ0n) is 40.1. The van der Waals surface area contributed by atoms with Gasteiger partial charge in [0.25, 0.3) is 5.91 Å². The third-order valence-electron chi connectivity index (χ3n) is 13.2. The summed E-state index contributed by atoms with van der Waals surface area (Å²) in [6, 6.07) is 3.99. The van der Waals surface area contributed by atoms with Gasteiger partial charge in [-0.15, -0.1) is 5.10 Å². The molecule has 2 saturated heterocycles. The predicted molar refractivity (Wildman–Crippen MR) is 254 cm³/mol. The Kier molecular flexibility index (Phi) is 15.8. The molecule has 2 unspecified atom stereocenters. The van der Waals surface area contributed by atoms with E-state index in [1.807, 2.05) is 39.8 Å². The number of likely N-dealkylation sites (tertiary alicyclic amines) is 1. The molecule has 6 rings (SSSR count). The van der Waals surface area contributed by atoms with E-state index in [-0.39, 0.29) is 62.5 Å². The van der Waals surface area contributed by atoms with Gasteiger partial charge in [0.1, 0.15) is 23.9 Å². The second-order valence-electron chi connectivity index (χ2n) is 18.9. The summed E-state index contributed by atoms with van der Waals surface area (Å²) in [5.41, 5.74) is 10.0. The fourth-order valence-corrected chi connectivity index (χ4v) is 9.77. The molecule has 5 heterocycles. The molecule has 2 aromatic rings. The Hall–Kier alpha value is -5.65. The van der Waals surface area contributed by atoms with Crippen LogP contribution < -0.4 is 16.2 Å². The largest absolute Gasteiger partial charge is 0.450 e. The number of aldehydes is 1. The molecule has 1 aromatic heterocycles. The number of rotatable bonds is 13. The SMILES string of the molecule is C=CC(=O)N1CC[C@H](C(=O)N(C)[C@H](C(=O)N[C@H]2CC3=NNC(O3)c3ccc4c(c3)c(c(/C(C=C)=C(/N=C\C)[C@H](C)OC)n4CC)CC(C)(C)COCC3(C=O)CCCN(N3)C2=O)C(C)C)C1. The molecule has 0 radical (unpaired) electrons. The first kappa shape index (κ1) is 49.8. The van der Waals surface area contributed by atoms with E-state index in [4.69, 9.17) is 19.2 Å². The summed E-state index contributed by atoms with van der Waals surface area (Å²) in [7, 11) is 3.24. The van der Waals surface area contributed by atoms with Crippen LogP contribution in [-0.4, -0.2) is 132 Å². The first-order chi connectivity index (χ1) is 31.4. The molecule has 358 valence electrons. The Morgan fingerprint density at radius 2 is 1.91 bits per heavy atom. The van der Waals surface area contributed by atoms with Crippen molar-refractivity contribution >= 4 is 58.5 Å². The Morgan fingerprint density at radius 1 is 1.15 bits per heavy atom. The first-order valence-electron chi connectivity index (χ1n) is 23.1. The average Bonchev–Trinajstić information content (AvgIpc) is 4.06. The summed E-state index contributed by atoms with van der Waals surface area (Å²) in [4.78, 5) is 76.2. The molecule has 0 saturated carbocycles. The molecule has 17 heteroatoms. The van der Waals surface area contributed by atoms with Crippen molar-refractivity contribution in [2.24, 2.45) is 27.3 Å². The quantitative estimate of drug-likeness (QED) is 0.110. The molecule has 6 bridgehead atoms. The van der Waals surface area contributed by atoms with Gasteiger partial charge in [0.2, 0.25) is 29.8 Å². The number of methoxy groups -OCH3 is 1. The van der Waals surface area contributed by atoms with Crippen molar-refractivity contribution in [3.8, 4) is 0 Å². The van der Waals surface area contributed by atoms with Gasteiger partial charge < -0.3 is 38.7 Å². The lowest BCUT2D eigenvalue weighted by molar-refractivity contribution is -0.148. The maximum atomic E-state index is 14.7. The molecular formula is C49H69N9O8. The molecule has 66 heavy (non-hydrogen) atoms. The van der Waals surface area contributed by atoms with E-state index in [0.717, 1.165) is 45.3 Å². The maximum Gasteiger partial charge on any atom is 0.259 e. The molecule has 1 aromatic carbocycles. The average molecular weight is 912 g/mol. The highest BCUT2D eigenvalue weighted by Gasteiger charge is 2.43. The highest BCUT2D eigenvalue weighted by Crippen LogP contribution is 2.40. The number of fused-ring (bicyclic) bond motifs is 6. The van der Waals surface area contributed by atoms with Crippen molar-refractivity contribution in [1.29, 1.82) is 0 Å². The zero-order chi connectivity index (χ0) is 48.1. The number of likely N-dealkylation sites (N-methyl/N-ethyl adjacent to an activating group) is 1. The van der Waals surface area contributed by atoms with E-state index in [2.05, 4.69) is 71.9 Å². The van der Waals surface area contributed by atoms with Gasteiger partial charge in [-0.1, -0.05) is 53.0 Å². The lowest BCUT2D eigenvalue weighted by atomic mass is 9.84. The van der Waals surface area contributed by atoms with Crippen LogP contribution in [0.25, 0.3) is 16.5 Å². The number of nitrogens with one attached hydrogen (secondary N) is 3. The smallest absolute Gasteiger partial charge is 0.259 e. The second kappa shape index (κ2) is 20.9. The number of aliphatic imine (C=N–C) groups is 1. The Bertz CT molecular complexity index is 2300. The minimum absolute atomic E-state index is 0.00622. The Balaban J connectivity index is 1.39. The van der Waals surface area contributed by atoms with Gasteiger partial charge in [0.15, 0.2) is 0 Å². The van der Waals surface area contributed by atoms with Gasteiger partial charge in [0, 0.05) is 68.6 Å². The number of carbonyl (C=O) groups excluding carboxylic acids is 5. The molecule has 17 nitrogen and oxygen atoms in total. The molecule has 0 spiro atoms. The Labute approximate surface area is 388 Å². The van der Waals surface area contributed by atoms with E-state index < -0.39 is 47.0 Å². The fourth-order valence-electron chi connectivity index (χ4n) is 9.77. The molecule has 6 atom stereocenters. The van der Waals surface area contributed by atoms with Crippen molar-refractivity contribution in [3.63, 3.8) is 0 Å². The van der Waals surface area contributed by atoms with E-state index in [1.54, 1.807) is 25.3 Å². The van der Waals surface area contributed by atoms with Crippen LogP contribution in [0.3, 0.4) is 0 Å². The normalized spacial score (nSPS) is 24.7. The molecule has 0 aliphatic carbocycles. The number of hydrogen-bond donors (Lipinski definition) is 3. The van der Waals surface area contributed by atoms with Crippen LogP contribution in [0.1, 0.15) is 97.2 Å². The second-order valence-corrected chi connectivity index (χ2v) is 18.9. The van der Waals surface area contributed by atoms with Gasteiger partial charge in [-0.05, 0) is 81.6 Å². The number of allylic oxidation sites excluding steroid dienone is 2. The van der Waals surface area contributed by atoms with E-state index in [0.29, 0.717) is 38.8 Å². The molecule has 2 fully saturated rings. The van der Waals surface area contributed by atoms with Crippen LogP contribution in [0.2, 0.25) is 0 Å². The van der Waals surface area contributed by atoms with Crippen LogP contribution in [-0.2, 0) is 51.1 Å². The molecule has 4 aliphatic heterocycles. The number of benzene rings is 1. The lowest BCUT2D eigenvalue weighted by Crippen LogP contribution is -2.66. The Morgan fingerprint density at radius 3 is 2.56 bits per heavy atom. The highest BCUT2D eigenvalue weighted by atomic mass is 16.5. The van der Waals surface area contributed by atoms with Crippen LogP contribution >= 0.6 is 0 Å². The molecule has 4 amide bonds. The van der Waals surface area contributed by atoms with Crippen molar-refractivity contribution in [2.75, 3.05) is 47.0 Å². The number of carbonyl (C=O) groups is 5. The third kappa shape index (κ3) is 10.3. The van der Waals surface area contributed by atoms with Crippen LogP contribution in [0, 0.1) is 17.3 Å². The van der Waals surface area contributed by atoms with Crippen molar-refractivity contribution < 1.29 is 38.2 Å². The minimum Gasteiger partial charge on any atom is -0.450 e. The number of aryl methyl sites for hydroxylation is 1. The number of hydrazone groups is 1. The summed E-state index contributed by atoms with van der Waals surface area (Å²) in [5, 5.41) is 9.87. The van der Waals surface area contributed by atoms with Gasteiger partial charge in [-0.3, -0.25) is 34.6 Å². The summed E-state index contributed by atoms with van der Waals surface area (Å²) in [6.45, 7) is 23.5. The van der Waals surface area contributed by atoms with Crippen LogP contribution in [0.5, 0.6) is 0 Å². The predicted octanol–water partition coefficient (Wildman–Crippen LogP) is 4.67. The molecular weight excluding hydrogens is 843 g/mol. The minimum atomic E-state index is -1.23. The first-order valence-corrected chi connectivity index (χ1v) is 23.1. The molecule has 3 N–H and O–H groups in total. The number of hydrogen-bond acceptors (Lipinski definition) is 12. The topological polar surface area (TPSA) is 188 Å². The number of nitrogens with zero attached hydrogens (tertiary/aromatic N) is 6. The molecule has 4 aliphatic rings. The van der Waals surface area contributed by atoms with Gasteiger partial charge in [-0.2, -0.15) is 0 Å². The van der Waals surface area contributed by atoms with Gasteiger partial charge in [0.05, 0.1) is 43.0 Å². The number of aromatic nitrogens is 1. The summed E-state index contributed by atoms with van der Waals surface area (Å²) >= 11 is 0. The highest BCUT2D eigenvalue weighted by molar-refractivity contribution is 5.96. The standard InChI is InChI=1S/C49H69N9O8/c1-12-34(41(50-14-3)31(7)64-11)43-36-25-48(8,9)28-65-29-49(27-59)20-16-21-58(54-49)47(63)37(24-39-52-53-45(66-39)32-17-18-38(35(36)23-32)57(43)15-4)51-44(61)42(30(5)6)55(10)46(62)33-19-22-56(26-33)40(60)13-2/h12-14,17-18,23,27,30-31,33,37,42,45,53-54H,1-2,15-16,19-22,24-26,28-29H2,3-11H3,(H,51,61)/b41-34+,50-14-/t31-,33-,37-,42-,45?,49?/m0/s1. The number of amides is 4. The maximum absolute atomic E-state index is 14.7. The third-order valence-corrected chi connectivity index (χ3v) is 13.2. The monoisotopic (exact) mass is 912 g/mol. The lowest BCUT2D eigenvalue weighted by Gasteiger charge is -2.42.